The lowest BCUT2D eigenvalue weighted by Crippen LogP contribution is -2.48. The monoisotopic (exact) mass is 248 g/mol. The summed E-state index contributed by atoms with van der Waals surface area (Å²) < 4.78 is 0. The summed E-state index contributed by atoms with van der Waals surface area (Å²) in [7, 11) is 0. The minimum atomic E-state index is -0.0774. The quantitative estimate of drug-likeness (QED) is 0.586. The zero-order valence-electron chi connectivity index (χ0n) is 12.1. The molecule has 2 aliphatic carbocycles. The fourth-order valence-corrected chi connectivity index (χ4v) is 3.56. The summed E-state index contributed by atoms with van der Waals surface area (Å²) >= 11 is 0. The van der Waals surface area contributed by atoms with E-state index in [0.717, 1.165) is 6.42 Å². The number of fused-ring (bicyclic) bond motifs is 1. The Morgan fingerprint density at radius 1 is 0.944 bits per heavy atom. The van der Waals surface area contributed by atoms with Gasteiger partial charge in [0.25, 0.3) is 0 Å². The van der Waals surface area contributed by atoms with Crippen molar-refractivity contribution in [2.45, 2.75) is 78.1 Å². The molecule has 1 saturated carbocycles. The number of carbonyl (C=O) groups excluding carboxylic acids is 1. The van der Waals surface area contributed by atoms with Crippen LogP contribution in [-0.2, 0) is 4.79 Å². The average Bonchev–Trinajstić information content (AvgIpc) is 2.37. The molecule has 0 aromatic carbocycles. The molecule has 0 bridgehead atoms. The molecule has 18 heavy (non-hydrogen) atoms. The first-order valence-corrected chi connectivity index (χ1v) is 7.89. The normalized spacial score (nSPS) is 32.9. The van der Waals surface area contributed by atoms with Crippen LogP contribution in [0.4, 0.5) is 0 Å². The molecule has 1 unspecified atom stereocenters. The van der Waals surface area contributed by atoms with Crippen LogP contribution < -0.4 is 0 Å². The van der Waals surface area contributed by atoms with E-state index >= 15 is 0 Å². The van der Waals surface area contributed by atoms with Gasteiger partial charge in [0.2, 0.25) is 0 Å². The van der Waals surface area contributed by atoms with Gasteiger partial charge in [0.15, 0.2) is 5.78 Å². The smallest absolute Gasteiger partial charge is 0.165 e. The third-order valence-corrected chi connectivity index (χ3v) is 4.91. The lowest BCUT2D eigenvalue weighted by atomic mass is 9.56. The van der Waals surface area contributed by atoms with Gasteiger partial charge in [0, 0.05) is 5.41 Å². The lowest BCUT2D eigenvalue weighted by molar-refractivity contribution is -0.133. The molecule has 1 heteroatoms. The van der Waals surface area contributed by atoms with E-state index in [1.807, 2.05) is 0 Å². The summed E-state index contributed by atoms with van der Waals surface area (Å²) in [5.41, 5.74) is 1.09. The SMILES string of the molecule is CC1(C)C(=O)/C2=C\CCCCCCCCCCC21. The second kappa shape index (κ2) is 6.04. The van der Waals surface area contributed by atoms with Crippen LogP contribution >= 0.6 is 0 Å². The van der Waals surface area contributed by atoms with E-state index in [1.54, 1.807) is 0 Å². The summed E-state index contributed by atoms with van der Waals surface area (Å²) in [6.45, 7) is 4.27. The van der Waals surface area contributed by atoms with Crippen LogP contribution in [0.5, 0.6) is 0 Å². The Bertz CT molecular complexity index is 325. The van der Waals surface area contributed by atoms with Gasteiger partial charge >= 0.3 is 0 Å². The van der Waals surface area contributed by atoms with Crippen LogP contribution in [0.25, 0.3) is 0 Å². The van der Waals surface area contributed by atoms with E-state index in [9.17, 15) is 4.79 Å². The summed E-state index contributed by atoms with van der Waals surface area (Å²) in [5.74, 6) is 0.966. The molecule has 102 valence electrons. The molecule has 0 heterocycles. The third-order valence-electron chi connectivity index (χ3n) is 4.91. The van der Waals surface area contributed by atoms with Gasteiger partial charge in [-0.25, -0.2) is 0 Å². The molecule has 0 spiro atoms. The number of hydrogen-bond donors (Lipinski definition) is 0. The first-order valence-electron chi connectivity index (χ1n) is 7.89. The van der Waals surface area contributed by atoms with Crippen LogP contribution in [0.15, 0.2) is 11.6 Å². The molecule has 2 aliphatic rings. The first-order chi connectivity index (χ1) is 8.64. The van der Waals surface area contributed by atoms with Crippen LogP contribution in [0, 0.1) is 11.3 Å². The lowest BCUT2D eigenvalue weighted by Gasteiger charge is -2.45. The van der Waals surface area contributed by atoms with Gasteiger partial charge in [-0.15, -0.1) is 0 Å². The Kier molecular flexibility index (Phi) is 4.64. The topological polar surface area (TPSA) is 17.1 Å². The van der Waals surface area contributed by atoms with Crippen LogP contribution in [0.2, 0.25) is 0 Å². The molecular formula is C17H28O. The number of rotatable bonds is 0. The van der Waals surface area contributed by atoms with Gasteiger partial charge in [-0.3, -0.25) is 4.79 Å². The molecular weight excluding hydrogens is 220 g/mol. The standard InChI is InChI=1S/C17H28O/c1-17(2)15-13-11-9-7-5-3-4-6-8-10-12-14(15)16(17)18/h12,15H,3-11,13H2,1-2H3/b14-12-. The van der Waals surface area contributed by atoms with Crippen molar-refractivity contribution in [2.75, 3.05) is 0 Å². The number of hydrogen-bond acceptors (Lipinski definition) is 1. The van der Waals surface area contributed by atoms with E-state index in [0.29, 0.717) is 11.7 Å². The molecule has 0 aromatic heterocycles. The predicted octanol–water partition coefficient (Wildman–Crippen LogP) is 5.05. The van der Waals surface area contributed by atoms with Crippen molar-refractivity contribution in [1.29, 1.82) is 0 Å². The number of carbonyl (C=O) groups is 1. The Labute approximate surface area is 112 Å². The molecule has 0 saturated heterocycles. The van der Waals surface area contributed by atoms with Crippen LogP contribution in [0.1, 0.15) is 78.1 Å². The molecule has 0 radical (unpaired) electrons. The summed E-state index contributed by atoms with van der Waals surface area (Å²) in [6, 6.07) is 0. The van der Waals surface area contributed by atoms with E-state index in [4.69, 9.17) is 0 Å². The van der Waals surface area contributed by atoms with E-state index < -0.39 is 0 Å². The zero-order chi connectivity index (χ0) is 13.0. The van der Waals surface area contributed by atoms with Crippen molar-refractivity contribution >= 4 is 5.78 Å². The molecule has 0 aliphatic heterocycles. The Morgan fingerprint density at radius 2 is 1.50 bits per heavy atom. The summed E-state index contributed by atoms with van der Waals surface area (Å²) in [4.78, 5) is 12.1. The molecule has 0 amide bonds. The van der Waals surface area contributed by atoms with Crippen LogP contribution in [-0.4, -0.2) is 5.78 Å². The second-order valence-corrected chi connectivity index (χ2v) is 6.67. The van der Waals surface area contributed by atoms with Crippen molar-refractivity contribution in [3.8, 4) is 0 Å². The van der Waals surface area contributed by atoms with Gasteiger partial charge < -0.3 is 0 Å². The highest BCUT2D eigenvalue weighted by Crippen LogP contribution is 2.49. The molecule has 1 atom stereocenters. The highest BCUT2D eigenvalue weighted by Gasteiger charge is 2.50. The fraction of sp³-hybridized carbons (Fsp3) is 0.824. The van der Waals surface area contributed by atoms with E-state index in [2.05, 4.69) is 19.9 Å². The highest BCUT2D eigenvalue weighted by molar-refractivity contribution is 6.07. The van der Waals surface area contributed by atoms with E-state index in [1.165, 1.54) is 63.4 Å². The van der Waals surface area contributed by atoms with Gasteiger partial charge in [0.1, 0.15) is 0 Å². The van der Waals surface area contributed by atoms with Gasteiger partial charge in [-0.1, -0.05) is 64.9 Å². The number of ketones is 1. The maximum Gasteiger partial charge on any atom is 0.165 e. The zero-order valence-corrected chi connectivity index (χ0v) is 12.1. The molecule has 0 aromatic rings. The maximum atomic E-state index is 12.1. The Balaban J connectivity index is 1.99. The minimum Gasteiger partial charge on any atom is -0.294 e. The van der Waals surface area contributed by atoms with Gasteiger partial charge in [0.05, 0.1) is 0 Å². The number of allylic oxidation sites excluding steroid dienone is 2. The average molecular weight is 248 g/mol. The fourth-order valence-electron chi connectivity index (χ4n) is 3.56. The molecule has 1 nitrogen and oxygen atoms in total. The highest BCUT2D eigenvalue weighted by atomic mass is 16.1. The second-order valence-electron chi connectivity index (χ2n) is 6.67. The van der Waals surface area contributed by atoms with Crippen molar-refractivity contribution in [3.63, 3.8) is 0 Å². The van der Waals surface area contributed by atoms with Gasteiger partial charge in [-0.2, -0.15) is 0 Å². The Morgan fingerprint density at radius 3 is 2.17 bits per heavy atom. The van der Waals surface area contributed by atoms with Gasteiger partial charge in [-0.05, 0) is 30.8 Å². The largest absolute Gasteiger partial charge is 0.294 e. The van der Waals surface area contributed by atoms with Crippen molar-refractivity contribution in [3.05, 3.63) is 11.6 Å². The Hall–Kier alpha value is -0.590. The third kappa shape index (κ3) is 2.87. The molecule has 2 rings (SSSR count). The van der Waals surface area contributed by atoms with E-state index in [-0.39, 0.29) is 5.41 Å². The number of Topliss-reactive ketones (excluding diaryl/α,β-unsaturated/α-hetero) is 1. The van der Waals surface area contributed by atoms with Crippen LogP contribution in [0.3, 0.4) is 0 Å². The predicted molar refractivity (Wildman–Crippen MR) is 76.5 cm³/mol. The minimum absolute atomic E-state index is 0.0774. The molecule has 1 fully saturated rings. The molecule has 0 N–H and O–H groups in total. The van der Waals surface area contributed by atoms with Crippen molar-refractivity contribution in [2.24, 2.45) is 11.3 Å². The van der Waals surface area contributed by atoms with Crippen molar-refractivity contribution in [1.82, 2.24) is 0 Å². The van der Waals surface area contributed by atoms with Crippen molar-refractivity contribution < 1.29 is 4.79 Å². The summed E-state index contributed by atoms with van der Waals surface area (Å²) in [5, 5.41) is 0. The first kappa shape index (κ1) is 13.8. The summed E-state index contributed by atoms with van der Waals surface area (Å²) in [6.07, 6.45) is 15.5. The maximum absolute atomic E-state index is 12.1.